The van der Waals surface area contributed by atoms with E-state index in [2.05, 4.69) is 10.6 Å². The molecular weight excluding hydrogens is 389 g/mol. The number of hydrogen-bond acceptors (Lipinski definition) is 4. The van der Waals surface area contributed by atoms with E-state index >= 15 is 0 Å². The standard InChI is InChI=1S/C22H22FN3O2S/c1-26(2)19(16-5-3-6-17(23)13-16)14-24-21(27)15-8-10-18(11-9-15)25-22(28)20-7-4-12-29-20/h3-13,19H,14H2,1-2H3,(H,24,27)(H,25,28)/t19-/m1/s1. The fraction of sp³-hybridized carbons (Fsp3) is 0.182. The molecule has 0 spiro atoms. The van der Waals surface area contributed by atoms with Crippen molar-refractivity contribution in [1.82, 2.24) is 10.2 Å². The van der Waals surface area contributed by atoms with Crippen LogP contribution in [0.1, 0.15) is 31.6 Å². The topological polar surface area (TPSA) is 61.4 Å². The van der Waals surface area contributed by atoms with Crippen LogP contribution in [-0.4, -0.2) is 37.4 Å². The molecule has 0 aliphatic rings. The molecule has 1 atom stereocenters. The molecule has 7 heteroatoms. The number of amides is 2. The molecule has 150 valence electrons. The number of likely N-dealkylation sites (N-methyl/N-ethyl adjacent to an activating group) is 1. The van der Waals surface area contributed by atoms with E-state index in [-0.39, 0.29) is 23.7 Å². The summed E-state index contributed by atoms with van der Waals surface area (Å²) in [6.07, 6.45) is 0. The maximum absolute atomic E-state index is 13.5. The van der Waals surface area contributed by atoms with Gasteiger partial charge in [0.25, 0.3) is 11.8 Å². The SMILES string of the molecule is CN(C)[C@H](CNC(=O)c1ccc(NC(=O)c2cccs2)cc1)c1cccc(F)c1. The molecule has 2 N–H and O–H groups in total. The predicted molar refractivity (Wildman–Crippen MR) is 114 cm³/mol. The molecule has 3 aromatic rings. The minimum Gasteiger partial charge on any atom is -0.350 e. The summed E-state index contributed by atoms with van der Waals surface area (Å²) in [5.41, 5.74) is 1.89. The van der Waals surface area contributed by atoms with Gasteiger partial charge in [-0.2, -0.15) is 0 Å². The van der Waals surface area contributed by atoms with E-state index in [0.717, 1.165) is 5.56 Å². The van der Waals surface area contributed by atoms with Crippen LogP contribution in [0.3, 0.4) is 0 Å². The zero-order valence-corrected chi connectivity index (χ0v) is 17.0. The van der Waals surface area contributed by atoms with Gasteiger partial charge >= 0.3 is 0 Å². The van der Waals surface area contributed by atoms with Crippen molar-refractivity contribution in [2.75, 3.05) is 26.0 Å². The van der Waals surface area contributed by atoms with E-state index < -0.39 is 0 Å². The number of benzene rings is 2. The first-order chi connectivity index (χ1) is 13.9. The molecule has 5 nitrogen and oxygen atoms in total. The molecule has 0 bridgehead atoms. The highest BCUT2D eigenvalue weighted by Gasteiger charge is 2.16. The van der Waals surface area contributed by atoms with E-state index in [1.54, 1.807) is 36.4 Å². The minimum absolute atomic E-state index is 0.154. The number of rotatable bonds is 7. The first-order valence-corrected chi connectivity index (χ1v) is 9.97. The molecule has 0 aliphatic heterocycles. The van der Waals surface area contributed by atoms with Crippen molar-refractivity contribution in [3.8, 4) is 0 Å². The van der Waals surface area contributed by atoms with Gasteiger partial charge in [-0.25, -0.2) is 4.39 Å². The van der Waals surface area contributed by atoms with Gasteiger partial charge in [-0.1, -0.05) is 18.2 Å². The predicted octanol–water partition coefficient (Wildman–Crippen LogP) is 4.17. The van der Waals surface area contributed by atoms with Gasteiger partial charge in [-0.15, -0.1) is 11.3 Å². The van der Waals surface area contributed by atoms with Crippen molar-refractivity contribution in [3.63, 3.8) is 0 Å². The van der Waals surface area contributed by atoms with Crippen LogP contribution in [0.15, 0.2) is 66.0 Å². The summed E-state index contributed by atoms with van der Waals surface area (Å²) in [4.78, 5) is 27.1. The first kappa shape index (κ1) is 20.7. The van der Waals surface area contributed by atoms with E-state index in [1.165, 1.54) is 23.5 Å². The Morgan fingerprint density at radius 1 is 1.03 bits per heavy atom. The molecular formula is C22H22FN3O2S. The second-order valence-electron chi connectivity index (χ2n) is 6.75. The van der Waals surface area contributed by atoms with Crippen molar-refractivity contribution in [1.29, 1.82) is 0 Å². The molecule has 0 unspecified atom stereocenters. The molecule has 2 aromatic carbocycles. The fourth-order valence-electron chi connectivity index (χ4n) is 2.91. The van der Waals surface area contributed by atoms with Crippen molar-refractivity contribution >= 4 is 28.8 Å². The Balaban J connectivity index is 1.60. The zero-order chi connectivity index (χ0) is 20.8. The van der Waals surface area contributed by atoms with Crippen LogP contribution in [-0.2, 0) is 0 Å². The Morgan fingerprint density at radius 2 is 1.79 bits per heavy atom. The molecule has 0 radical (unpaired) electrons. The van der Waals surface area contributed by atoms with Crippen LogP contribution < -0.4 is 10.6 Å². The summed E-state index contributed by atoms with van der Waals surface area (Å²) < 4.78 is 13.5. The molecule has 3 rings (SSSR count). The summed E-state index contributed by atoms with van der Waals surface area (Å²) in [6, 6.07) is 16.5. The number of thiophene rings is 1. The smallest absolute Gasteiger partial charge is 0.265 e. The Bertz CT molecular complexity index is 972. The van der Waals surface area contributed by atoms with Crippen molar-refractivity contribution in [2.24, 2.45) is 0 Å². The number of nitrogens with zero attached hydrogens (tertiary/aromatic N) is 1. The highest BCUT2D eigenvalue weighted by molar-refractivity contribution is 7.12. The van der Waals surface area contributed by atoms with Crippen LogP contribution in [0.2, 0.25) is 0 Å². The maximum Gasteiger partial charge on any atom is 0.265 e. The Hall–Kier alpha value is -3.03. The summed E-state index contributed by atoms with van der Waals surface area (Å²) in [7, 11) is 3.76. The molecule has 0 saturated carbocycles. The third-order valence-corrected chi connectivity index (χ3v) is 5.33. The molecule has 2 amide bonds. The average molecular weight is 412 g/mol. The zero-order valence-electron chi connectivity index (χ0n) is 16.2. The molecule has 0 aliphatic carbocycles. The van der Waals surface area contributed by atoms with Crippen LogP contribution in [0.25, 0.3) is 0 Å². The van der Waals surface area contributed by atoms with E-state index in [1.807, 2.05) is 36.5 Å². The molecule has 0 fully saturated rings. The van der Waals surface area contributed by atoms with Crippen molar-refractivity contribution in [3.05, 3.63) is 87.9 Å². The normalized spacial score (nSPS) is 11.9. The van der Waals surface area contributed by atoms with Gasteiger partial charge in [0.05, 0.1) is 10.9 Å². The highest BCUT2D eigenvalue weighted by Crippen LogP contribution is 2.19. The van der Waals surface area contributed by atoms with Gasteiger partial charge in [-0.3, -0.25) is 9.59 Å². The minimum atomic E-state index is -0.305. The van der Waals surface area contributed by atoms with Crippen LogP contribution in [0.5, 0.6) is 0 Å². The Kier molecular flexibility index (Phi) is 6.74. The molecule has 1 aromatic heterocycles. The lowest BCUT2D eigenvalue weighted by Crippen LogP contribution is -2.34. The summed E-state index contributed by atoms with van der Waals surface area (Å²) in [5.74, 6) is -0.716. The summed E-state index contributed by atoms with van der Waals surface area (Å²) >= 11 is 1.37. The number of nitrogens with one attached hydrogen (secondary N) is 2. The van der Waals surface area contributed by atoms with Gasteiger partial charge in [0.2, 0.25) is 0 Å². The number of hydrogen-bond donors (Lipinski definition) is 2. The lowest BCUT2D eigenvalue weighted by Gasteiger charge is -2.25. The number of carbonyl (C=O) groups is 2. The lowest BCUT2D eigenvalue weighted by molar-refractivity contribution is 0.0941. The van der Waals surface area contributed by atoms with Gasteiger partial charge in [0.1, 0.15) is 5.82 Å². The molecule has 1 heterocycles. The largest absolute Gasteiger partial charge is 0.350 e. The first-order valence-electron chi connectivity index (χ1n) is 9.09. The Morgan fingerprint density at radius 3 is 2.41 bits per heavy atom. The monoisotopic (exact) mass is 411 g/mol. The molecule has 29 heavy (non-hydrogen) atoms. The number of anilines is 1. The highest BCUT2D eigenvalue weighted by atomic mass is 32.1. The third kappa shape index (κ3) is 5.49. The van der Waals surface area contributed by atoms with Crippen molar-refractivity contribution < 1.29 is 14.0 Å². The van der Waals surface area contributed by atoms with E-state index in [9.17, 15) is 14.0 Å². The van der Waals surface area contributed by atoms with E-state index in [4.69, 9.17) is 0 Å². The van der Waals surface area contributed by atoms with Crippen LogP contribution >= 0.6 is 11.3 Å². The third-order valence-electron chi connectivity index (χ3n) is 4.46. The van der Waals surface area contributed by atoms with Crippen molar-refractivity contribution in [2.45, 2.75) is 6.04 Å². The second kappa shape index (κ2) is 9.45. The second-order valence-corrected chi connectivity index (χ2v) is 7.70. The number of carbonyl (C=O) groups excluding carboxylic acids is 2. The quantitative estimate of drug-likeness (QED) is 0.613. The van der Waals surface area contributed by atoms with Crippen LogP contribution in [0.4, 0.5) is 10.1 Å². The Labute approximate surface area is 173 Å². The van der Waals surface area contributed by atoms with E-state index in [0.29, 0.717) is 22.7 Å². The lowest BCUT2D eigenvalue weighted by atomic mass is 10.1. The van der Waals surface area contributed by atoms with Gasteiger partial charge in [0.15, 0.2) is 0 Å². The molecule has 0 saturated heterocycles. The summed E-state index contributed by atoms with van der Waals surface area (Å²) in [5, 5.41) is 7.53. The van der Waals surface area contributed by atoms with Gasteiger partial charge in [-0.05, 0) is 67.5 Å². The average Bonchev–Trinajstić information content (AvgIpc) is 3.23. The van der Waals surface area contributed by atoms with Gasteiger partial charge < -0.3 is 15.5 Å². The maximum atomic E-state index is 13.5. The van der Waals surface area contributed by atoms with Crippen LogP contribution in [0, 0.1) is 5.82 Å². The fourth-order valence-corrected chi connectivity index (χ4v) is 3.53. The summed E-state index contributed by atoms with van der Waals surface area (Å²) in [6.45, 7) is 0.339. The van der Waals surface area contributed by atoms with Gasteiger partial charge in [0, 0.05) is 17.8 Å². The number of halogens is 1.